The van der Waals surface area contributed by atoms with E-state index in [4.69, 9.17) is 0 Å². The molecule has 1 aromatic carbocycles. The number of halogens is 4. The quantitative estimate of drug-likeness (QED) is 0.647. The number of carbonyl (C=O) groups excluding carboxylic acids is 1. The van der Waals surface area contributed by atoms with Crippen molar-refractivity contribution in [3.63, 3.8) is 0 Å². The van der Waals surface area contributed by atoms with Crippen LogP contribution in [0.1, 0.15) is 21.6 Å². The fraction of sp³-hybridized carbons (Fsp3) is 0.176. The number of H-pyrrole nitrogens is 1. The van der Waals surface area contributed by atoms with Crippen LogP contribution in [-0.2, 0) is 12.6 Å². The zero-order chi connectivity index (χ0) is 20.3. The van der Waals surface area contributed by atoms with Gasteiger partial charge >= 0.3 is 6.18 Å². The molecule has 0 spiro atoms. The van der Waals surface area contributed by atoms with Crippen LogP contribution in [0.25, 0.3) is 5.82 Å². The number of nitrogens with zero attached hydrogens (tertiary/aromatic N) is 3. The van der Waals surface area contributed by atoms with Gasteiger partial charge in [-0.3, -0.25) is 9.59 Å². The first-order valence-electron chi connectivity index (χ1n) is 7.99. The van der Waals surface area contributed by atoms with Crippen LogP contribution < -0.4 is 10.9 Å². The molecule has 0 bridgehead atoms. The summed E-state index contributed by atoms with van der Waals surface area (Å²) in [6, 6.07) is 7.58. The summed E-state index contributed by atoms with van der Waals surface area (Å²) in [7, 11) is 0. The summed E-state index contributed by atoms with van der Waals surface area (Å²) in [6.45, 7) is 0.0455. The number of carbonyl (C=O) groups is 1. The van der Waals surface area contributed by atoms with Crippen LogP contribution in [0, 0.1) is 5.82 Å². The molecule has 0 radical (unpaired) electrons. The molecule has 0 aliphatic rings. The van der Waals surface area contributed by atoms with Crippen molar-refractivity contribution in [3.8, 4) is 5.82 Å². The normalized spacial score (nSPS) is 11.4. The van der Waals surface area contributed by atoms with Crippen molar-refractivity contribution < 1.29 is 22.4 Å². The minimum atomic E-state index is -4.89. The van der Waals surface area contributed by atoms with Gasteiger partial charge in [-0.15, -0.1) is 0 Å². The summed E-state index contributed by atoms with van der Waals surface area (Å²) >= 11 is 0. The lowest BCUT2D eigenvalue weighted by atomic mass is 10.1. The first kappa shape index (κ1) is 19.3. The van der Waals surface area contributed by atoms with Crippen LogP contribution in [-0.4, -0.2) is 32.4 Å². The Morgan fingerprint density at radius 1 is 1.14 bits per heavy atom. The first-order chi connectivity index (χ1) is 13.3. The predicted octanol–water partition coefficient (Wildman–Crippen LogP) is 2.09. The maximum absolute atomic E-state index is 13.5. The van der Waals surface area contributed by atoms with Gasteiger partial charge in [0, 0.05) is 12.6 Å². The Morgan fingerprint density at radius 2 is 1.86 bits per heavy atom. The van der Waals surface area contributed by atoms with Gasteiger partial charge in [0.1, 0.15) is 5.82 Å². The van der Waals surface area contributed by atoms with E-state index in [0.29, 0.717) is 16.7 Å². The standard InChI is InChI=1S/C17H13F4N5O2/c18-11-3-1-10(2-4-11)7-8-22-16(28)12-9-23-26(15(12)17(19,20)21)13-5-6-14(27)25-24-13/h1-6,9H,7-8H2,(H,22,28)(H,25,27). The number of hydrogen-bond acceptors (Lipinski definition) is 4. The molecule has 28 heavy (non-hydrogen) atoms. The molecule has 0 atom stereocenters. The number of aromatic nitrogens is 4. The maximum atomic E-state index is 13.5. The van der Waals surface area contributed by atoms with E-state index in [2.05, 4.69) is 15.5 Å². The van der Waals surface area contributed by atoms with Crippen LogP contribution >= 0.6 is 0 Å². The van der Waals surface area contributed by atoms with E-state index in [-0.39, 0.29) is 12.4 Å². The predicted molar refractivity (Wildman–Crippen MR) is 89.4 cm³/mol. The lowest BCUT2D eigenvalue weighted by Gasteiger charge is -2.12. The summed E-state index contributed by atoms with van der Waals surface area (Å²) in [5.41, 5.74) is -1.87. The summed E-state index contributed by atoms with van der Waals surface area (Å²) in [4.78, 5) is 23.3. The molecular formula is C17H13F4N5O2. The topological polar surface area (TPSA) is 92.7 Å². The molecule has 2 N–H and O–H groups in total. The summed E-state index contributed by atoms with van der Waals surface area (Å²) < 4.78 is 53.9. The summed E-state index contributed by atoms with van der Waals surface area (Å²) in [5.74, 6) is -1.67. The van der Waals surface area contributed by atoms with Crippen molar-refractivity contribution in [2.45, 2.75) is 12.6 Å². The minimum absolute atomic E-state index is 0.0455. The number of aromatic amines is 1. The number of rotatable bonds is 5. The molecule has 11 heteroatoms. The van der Waals surface area contributed by atoms with E-state index in [1.54, 1.807) is 0 Å². The summed E-state index contributed by atoms with van der Waals surface area (Å²) in [6.07, 6.45) is -3.80. The lowest BCUT2D eigenvalue weighted by molar-refractivity contribution is -0.143. The molecule has 146 valence electrons. The summed E-state index contributed by atoms with van der Waals surface area (Å²) in [5, 5.41) is 11.5. The smallest absolute Gasteiger partial charge is 0.352 e. The number of nitrogens with one attached hydrogen (secondary N) is 2. The van der Waals surface area contributed by atoms with Gasteiger partial charge in [0.25, 0.3) is 11.5 Å². The number of amides is 1. The molecule has 3 rings (SSSR count). The first-order valence-corrected chi connectivity index (χ1v) is 7.99. The van der Waals surface area contributed by atoms with Crippen molar-refractivity contribution in [1.82, 2.24) is 25.3 Å². The molecule has 0 unspecified atom stereocenters. The molecule has 2 heterocycles. The highest BCUT2D eigenvalue weighted by Gasteiger charge is 2.40. The average molecular weight is 395 g/mol. The van der Waals surface area contributed by atoms with Crippen molar-refractivity contribution in [1.29, 1.82) is 0 Å². The van der Waals surface area contributed by atoms with Crippen molar-refractivity contribution >= 4 is 5.91 Å². The SMILES string of the molecule is O=C(NCCc1ccc(F)cc1)c1cnn(-c2ccc(=O)[nH]n2)c1C(F)(F)F. The van der Waals surface area contributed by atoms with Crippen LogP contribution in [0.4, 0.5) is 17.6 Å². The molecule has 3 aromatic rings. The van der Waals surface area contributed by atoms with E-state index >= 15 is 0 Å². The van der Waals surface area contributed by atoms with Crippen LogP contribution in [0.3, 0.4) is 0 Å². The van der Waals surface area contributed by atoms with Crippen LogP contribution in [0.2, 0.25) is 0 Å². The molecule has 0 fully saturated rings. The van der Waals surface area contributed by atoms with Crippen LogP contribution in [0.15, 0.2) is 47.4 Å². The van der Waals surface area contributed by atoms with Gasteiger partial charge in [0.2, 0.25) is 0 Å². The Kier molecular flexibility index (Phi) is 5.25. The third-order valence-electron chi connectivity index (χ3n) is 3.78. The molecule has 0 aliphatic heterocycles. The second-order valence-corrected chi connectivity index (χ2v) is 5.73. The fourth-order valence-electron chi connectivity index (χ4n) is 2.48. The number of benzene rings is 1. The largest absolute Gasteiger partial charge is 0.434 e. The average Bonchev–Trinajstić information content (AvgIpc) is 3.09. The third kappa shape index (κ3) is 4.24. The third-order valence-corrected chi connectivity index (χ3v) is 3.78. The molecule has 2 aromatic heterocycles. The van der Waals surface area contributed by atoms with Crippen molar-refractivity contribution in [2.75, 3.05) is 6.54 Å². The van der Waals surface area contributed by atoms with E-state index in [1.807, 2.05) is 5.10 Å². The van der Waals surface area contributed by atoms with E-state index < -0.39 is 34.7 Å². The van der Waals surface area contributed by atoms with Crippen LogP contribution in [0.5, 0.6) is 0 Å². The van der Waals surface area contributed by atoms with E-state index in [1.165, 1.54) is 24.3 Å². The van der Waals surface area contributed by atoms with Gasteiger partial charge in [-0.05, 0) is 30.2 Å². The van der Waals surface area contributed by atoms with E-state index in [9.17, 15) is 27.2 Å². The molecule has 0 aliphatic carbocycles. The number of hydrogen-bond donors (Lipinski definition) is 2. The second-order valence-electron chi connectivity index (χ2n) is 5.73. The lowest BCUT2D eigenvalue weighted by Crippen LogP contribution is -2.28. The maximum Gasteiger partial charge on any atom is 0.434 e. The highest BCUT2D eigenvalue weighted by Crippen LogP contribution is 2.33. The van der Waals surface area contributed by atoms with Gasteiger partial charge in [-0.1, -0.05) is 12.1 Å². The van der Waals surface area contributed by atoms with Gasteiger partial charge < -0.3 is 5.32 Å². The van der Waals surface area contributed by atoms with E-state index in [0.717, 1.165) is 18.3 Å². The fourth-order valence-corrected chi connectivity index (χ4v) is 2.48. The Balaban J connectivity index is 1.80. The molecule has 0 saturated carbocycles. The Labute approximate surface area is 155 Å². The Morgan fingerprint density at radius 3 is 2.46 bits per heavy atom. The van der Waals surface area contributed by atoms with Gasteiger partial charge in [-0.2, -0.15) is 23.4 Å². The van der Waals surface area contributed by atoms with Crippen molar-refractivity contribution in [3.05, 3.63) is 75.6 Å². The Bertz CT molecular complexity index is 1020. The minimum Gasteiger partial charge on any atom is -0.352 e. The zero-order valence-corrected chi connectivity index (χ0v) is 14.1. The molecule has 0 saturated heterocycles. The highest BCUT2D eigenvalue weighted by molar-refractivity contribution is 5.95. The molecule has 7 nitrogen and oxygen atoms in total. The molecule has 1 amide bonds. The van der Waals surface area contributed by atoms with Gasteiger partial charge in [-0.25, -0.2) is 14.2 Å². The number of alkyl halides is 3. The Hall–Kier alpha value is -3.50. The monoisotopic (exact) mass is 395 g/mol. The van der Waals surface area contributed by atoms with Gasteiger partial charge in [0.15, 0.2) is 11.5 Å². The van der Waals surface area contributed by atoms with Crippen molar-refractivity contribution in [2.24, 2.45) is 0 Å². The highest BCUT2D eigenvalue weighted by atomic mass is 19.4. The van der Waals surface area contributed by atoms with Gasteiger partial charge in [0.05, 0.1) is 11.8 Å². The zero-order valence-electron chi connectivity index (χ0n) is 14.1. The molecular weight excluding hydrogens is 382 g/mol. The second kappa shape index (κ2) is 7.62.